The molecule has 1 aliphatic rings. The molecule has 0 aliphatic carbocycles. The number of nitrogens with one attached hydrogen (secondary N) is 2. The lowest BCUT2D eigenvalue weighted by atomic mass is 10.0. The van der Waals surface area contributed by atoms with E-state index in [1.165, 1.54) is 0 Å². The molecule has 0 spiro atoms. The first-order valence-corrected chi connectivity index (χ1v) is 11.0. The zero-order valence-electron chi connectivity index (χ0n) is 18.7. The van der Waals surface area contributed by atoms with Crippen LogP contribution in [0.25, 0.3) is 0 Å². The average Bonchev–Trinajstić information content (AvgIpc) is 2.82. The fraction of sp³-hybridized carbons (Fsp3) is 0.478. The summed E-state index contributed by atoms with van der Waals surface area (Å²) >= 11 is 0. The predicted octanol–water partition coefficient (Wildman–Crippen LogP) is 0.935. The Morgan fingerprint density at radius 3 is 2.38 bits per heavy atom. The van der Waals surface area contributed by atoms with Gasteiger partial charge in [0, 0.05) is 51.7 Å². The molecule has 1 aromatic carbocycles. The van der Waals surface area contributed by atoms with E-state index in [4.69, 9.17) is 4.74 Å². The van der Waals surface area contributed by atoms with Crippen molar-refractivity contribution in [3.05, 3.63) is 48.8 Å². The molecule has 2 aromatic rings. The minimum absolute atomic E-state index is 0.0370. The Morgan fingerprint density at radius 2 is 1.72 bits per heavy atom. The van der Waals surface area contributed by atoms with Gasteiger partial charge >= 0.3 is 0 Å². The summed E-state index contributed by atoms with van der Waals surface area (Å²) in [5, 5.41) is 5.75. The van der Waals surface area contributed by atoms with Gasteiger partial charge in [-0.05, 0) is 24.1 Å². The van der Waals surface area contributed by atoms with Crippen LogP contribution < -0.4 is 20.3 Å². The lowest BCUT2D eigenvalue weighted by molar-refractivity contribution is -0.131. The van der Waals surface area contributed by atoms with Crippen molar-refractivity contribution in [2.24, 2.45) is 5.92 Å². The van der Waals surface area contributed by atoms with Crippen molar-refractivity contribution in [1.29, 1.82) is 0 Å². The third kappa shape index (κ3) is 7.19. The van der Waals surface area contributed by atoms with E-state index in [0.29, 0.717) is 12.3 Å². The lowest BCUT2D eigenvalue weighted by Crippen LogP contribution is -2.53. The average molecular weight is 441 g/mol. The third-order valence-corrected chi connectivity index (χ3v) is 5.31. The fourth-order valence-corrected chi connectivity index (χ4v) is 3.49. The van der Waals surface area contributed by atoms with Gasteiger partial charge in [0.2, 0.25) is 11.9 Å². The highest BCUT2D eigenvalue weighted by Crippen LogP contribution is 2.10. The molecule has 1 aromatic heterocycles. The molecule has 2 heterocycles. The van der Waals surface area contributed by atoms with Crippen LogP contribution in [0, 0.1) is 5.92 Å². The number of anilines is 1. The molecule has 2 N–H and O–H groups in total. The van der Waals surface area contributed by atoms with Crippen LogP contribution in [0.2, 0.25) is 0 Å². The maximum Gasteiger partial charge on any atom is 0.258 e. The van der Waals surface area contributed by atoms with E-state index >= 15 is 0 Å². The molecule has 1 unspecified atom stereocenters. The van der Waals surface area contributed by atoms with Gasteiger partial charge in [-0.25, -0.2) is 9.97 Å². The molecule has 2 amide bonds. The number of hydrogen-bond acceptors (Lipinski definition) is 7. The predicted molar refractivity (Wildman–Crippen MR) is 122 cm³/mol. The molecule has 1 fully saturated rings. The number of ether oxygens (including phenoxy) is 1. The number of benzene rings is 1. The summed E-state index contributed by atoms with van der Waals surface area (Å²) in [5.41, 5.74) is 0. The molecule has 1 atom stereocenters. The number of carbonyl (C=O) groups is 2. The summed E-state index contributed by atoms with van der Waals surface area (Å²) in [7, 11) is 0. The van der Waals surface area contributed by atoms with Crippen LogP contribution in [-0.4, -0.2) is 78.6 Å². The Hall–Kier alpha value is -3.20. The topological polar surface area (TPSA) is 99.7 Å². The van der Waals surface area contributed by atoms with Gasteiger partial charge in [-0.1, -0.05) is 32.0 Å². The van der Waals surface area contributed by atoms with Crippen molar-refractivity contribution < 1.29 is 14.3 Å². The number of hydrogen-bond donors (Lipinski definition) is 2. The van der Waals surface area contributed by atoms with Crippen molar-refractivity contribution in [2.45, 2.75) is 19.9 Å². The summed E-state index contributed by atoms with van der Waals surface area (Å²) < 4.78 is 5.47. The minimum Gasteiger partial charge on any atom is -0.484 e. The molecule has 9 heteroatoms. The summed E-state index contributed by atoms with van der Waals surface area (Å²) in [6.07, 6.45) is 3.50. The standard InChI is InChI=1S/C23H32N6O3/c1-18(2)21(27-20(30)17-32-19-7-4-3-5-8-19)22(31)24-11-12-28-13-15-29(16-14-28)23-25-9-6-10-26-23/h3-10,18,21H,11-17H2,1-2H3,(H,24,31)(H,27,30). The van der Waals surface area contributed by atoms with Gasteiger partial charge in [0.25, 0.3) is 5.91 Å². The first-order chi connectivity index (χ1) is 15.5. The first kappa shape index (κ1) is 23.5. The largest absolute Gasteiger partial charge is 0.484 e. The SMILES string of the molecule is CC(C)C(NC(=O)COc1ccccc1)C(=O)NCCN1CCN(c2ncccn2)CC1. The number of piperazine rings is 1. The highest BCUT2D eigenvalue weighted by Gasteiger charge is 2.24. The second kappa shape index (κ2) is 12.0. The van der Waals surface area contributed by atoms with Gasteiger partial charge in [-0.2, -0.15) is 0 Å². The third-order valence-electron chi connectivity index (χ3n) is 5.31. The fourth-order valence-electron chi connectivity index (χ4n) is 3.49. The first-order valence-electron chi connectivity index (χ1n) is 11.0. The molecule has 3 rings (SSSR count). The monoisotopic (exact) mass is 440 g/mol. The number of aromatic nitrogens is 2. The van der Waals surface area contributed by atoms with E-state index in [1.54, 1.807) is 24.5 Å². The van der Waals surface area contributed by atoms with Crippen molar-refractivity contribution in [3.8, 4) is 5.75 Å². The molecule has 172 valence electrons. The number of amides is 2. The molecule has 1 aliphatic heterocycles. The number of carbonyl (C=O) groups excluding carboxylic acids is 2. The molecule has 9 nitrogen and oxygen atoms in total. The smallest absolute Gasteiger partial charge is 0.258 e. The lowest BCUT2D eigenvalue weighted by Gasteiger charge is -2.34. The van der Waals surface area contributed by atoms with Crippen LogP contribution in [-0.2, 0) is 9.59 Å². The van der Waals surface area contributed by atoms with E-state index < -0.39 is 6.04 Å². The molecule has 1 saturated heterocycles. The summed E-state index contributed by atoms with van der Waals surface area (Å²) in [6, 6.07) is 10.3. The van der Waals surface area contributed by atoms with Crippen LogP contribution >= 0.6 is 0 Å². The van der Waals surface area contributed by atoms with Gasteiger partial charge in [-0.15, -0.1) is 0 Å². The van der Waals surface area contributed by atoms with E-state index in [9.17, 15) is 9.59 Å². The second-order valence-electron chi connectivity index (χ2n) is 8.06. The van der Waals surface area contributed by atoms with Crippen molar-refractivity contribution in [3.63, 3.8) is 0 Å². The molecule has 0 radical (unpaired) electrons. The van der Waals surface area contributed by atoms with Crippen molar-refractivity contribution >= 4 is 17.8 Å². The summed E-state index contributed by atoms with van der Waals surface area (Å²) in [6.45, 7) is 8.45. The highest BCUT2D eigenvalue weighted by atomic mass is 16.5. The van der Waals surface area contributed by atoms with E-state index in [2.05, 4.69) is 30.4 Å². The zero-order valence-corrected chi connectivity index (χ0v) is 18.7. The van der Waals surface area contributed by atoms with Crippen LogP contribution in [0.5, 0.6) is 5.75 Å². The van der Waals surface area contributed by atoms with Crippen LogP contribution in [0.4, 0.5) is 5.95 Å². The van der Waals surface area contributed by atoms with Gasteiger partial charge < -0.3 is 20.3 Å². The van der Waals surface area contributed by atoms with Gasteiger partial charge in [0.05, 0.1) is 0 Å². The Morgan fingerprint density at radius 1 is 1.03 bits per heavy atom. The summed E-state index contributed by atoms with van der Waals surface area (Å²) in [4.78, 5) is 38.0. The van der Waals surface area contributed by atoms with Gasteiger partial charge in [-0.3, -0.25) is 14.5 Å². The quantitative estimate of drug-likeness (QED) is 0.567. The van der Waals surface area contributed by atoms with Crippen LogP contribution in [0.3, 0.4) is 0 Å². The summed E-state index contributed by atoms with van der Waals surface area (Å²) in [5.74, 6) is 0.843. The van der Waals surface area contributed by atoms with Crippen molar-refractivity contribution in [2.75, 3.05) is 50.8 Å². The maximum absolute atomic E-state index is 12.7. The van der Waals surface area contributed by atoms with Crippen LogP contribution in [0.15, 0.2) is 48.8 Å². The van der Waals surface area contributed by atoms with E-state index in [0.717, 1.165) is 38.7 Å². The number of para-hydroxylation sites is 1. The van der Waals surface area contributed by atoms with Crippen molar-refractivity contribution in [1.82, 2.24) is 25.5 Å². The van der Waals surface area contributed by atoms with Gasteiger partial charge in [0.1, 0.15) is 11.8 Å². The molecular weight excluding hydrogens is 408 g/mol. The number of rotatable bonds is 10. The molecule has 32 heavy (non-hydrogen) atoms. The Bertz CT molecular complexity index is 841. The number of nitrogens with zero attached hydrogens (tertiary/aromatic N) is 4. The molecule has 0 saturated carbocycles. The Kier molecular flexibility index (Phi) is 8.79. The normalized spacial score (nSPS) is 15.3. The second-order valence-corrected chi connectivity index (χ2v) is 8.06. The zero-order chi connectivity index (χ0) is 22.8. The van der Waals surface area contributed by atoms with Crippen LogP contribution in [0.1, 0.15) is 13.8 Å². The highest BCUT2D eigenvalue weighted by molar-refractivity contribution is 5.88. The maximum atomic E-state index is 12.7. The Balaban J connectivity index is 1.37. The van der Waals surface area contributed by atoms with E-state index in [1.807, 2.05) is 38.1 Å². The molecular formula is C23H32N6O3. The molecule has 0 bridgehead atoms. The van der Waals surface area contributed by atoms with E-state index in [-0.39, 0.29) is 24.3 Å². The van der Waals surface area contributed by atoms with Gasteiger partial charge in [0.15, 0.2) is 6.61 Å². The Labute approximate surface area is 189 Å². The minimum atomic E-state index is -0.603.